The van der Waals surface area contributed by atoms with E-state index in [0.717, 1.165) is 0 Å². The average Bonchev–Trinajstić information content (AvgIpc) is 3.18. The summed E-state index contributed by atoms with van der Waals surface area (Å²) in [5.74, 6) is -7.39. The van der Waals surface area contributed by atoms with Crippen molar-refractivity contribution in [3.05, 3.63) is 11.4 Å². The first-order chi connectivity index (χ1) is 17.8. The Morgan fingerprint density at radius 3 is 2.53 bits per heavy atom. The Balaban J connectivity index is 1.39. The lowest BCUT2D eigenvalue weighted by Crippen LogP contribution is -2.59. The number of likely N-dealkylation sites (tertiary alicyclic amines) is 1. The molecule has 38 heavy (non-hydrogen) atoms. The molecule has 0 aromatic carbocycles. The number of nitrogens with one attached hydrogen (secondary N) is 1. The third kappa shape index (κ3) is 6.38. The molecule has 1 aromatic rings. The number of piperidine rings is 2. The first-order valence-corrected chi connectivity index (χ1v) is 13.0. The van der Waals surface area contributed by atoms with Crippen molar-refractivity contribution in [1.29, 1.82) is 0 Å². The second-order valence-corrected chi connectivity index (χ2v) is 11.0. The Hall–Kier alpha value is -2.48. The molecule has 1 aliphatic carbocycles. The quantitative estimate of drug-likeness (QED) is 0.477. The van der Waals surface area contributed by atoms with Crippen LogP contribution >= 0.6 is 0 Å². The van der Waals surface area contributed by atoms with Crippen molar-refractivity contribution in [2.75, 3.05) is 20.1 Å². The lowest BCUT2D eigenvalue weighted by atomic mass is 9.85. The van der Waals surface area contributed by atoms with Crippen molar-refractivity contribution >= 4 is 12.1 Å². The van der Waals surface area contributed by atoms with Gasteiger partial charge in [0.25, 0.3) is 11.8 Å². The molecule has 1 saturated carbocycles. The van der Waals surface area contributed by atoms with Gasteiger partial charge in [0.15, 0.2) is 0 Å². The van der Waals surface area contributed by atoms with Crippen molar-refractivity contribution in [3.63, 3.8) is 0 Å². The second kappa shape index (κ2) is 10.9. The fourth-order valence-electron chi connectivity index (χ4n) is 6.03. The third-order valence-corrected chi connectivity index (χ3v) is 8.06. The molecular formula is C24H36F4N6O4. The number of alkyl halides is 4. The summed E-state index contributed by atoms with van der Waals surface area (Å²) in [5.41, 5.74) is 1.14. The summed E-state index contributed by atoms with van der Waals surface area (Å²) < 4.78 is 62.3. The molecule has 10 nitrogen and oxygen atoms in total. The summed E-state index contributed by atoms with van der Waals surface area (Å²) >= 11 is 0. The summed E-state index contributed by atoms with van der Waals surface area (Å²) in [7, 11) is 3.10. The predicted octanol–water partition coefficient (Wildman–Crippen LogP) is 3.18. The summed E-state index contributed by atoms with van der Waals surface area (Å²) in [4.78, 5) is 26.5. The SMILES string of the molecule is CC[C@@H]1N[C@H](c2nnn(C)c2COC(=O)N(C)C2CC(F)(F)C2)CC[C@@H]1N1C[C@@H](CC(=O)O)CC(F)(F)C1. The van der Waals surface area contributed by atoms with Crippen molar-refractivity contribution < 1.29 is 37.0 Å². The van der Waals surface area contributed by atoms with Crippen LogP contribution in [0.2, 0.25) is 0 Å². The van der Waals surface area contributed by atoms with E-state index < -0.39 is 48.8 Å². The number of aromatic nitrogens is 3. The Labute approximate surface area is 218 Å². The van der Waals surface area contributed by atoms with Gasteiger partial charge in [-0.2, -0.15) is 0 Å². The van der Waals surface area contributed by atoms with Gasteiger partial charge in [0, 0.05) is 64.4 Å². The lowest BCUT2D eigenvalue weighted by Gasteiger charge is -2.47. The molecular weight excluding hydrogens is 512 g/mol. The maximum Gasteiger partial charge on any atom is 0.410 e. The third-order valence-electron chi connectivity index (χ3n) is 8.06. The van der Waals surface area contributed by atoms with Gasteiger partial charge in [-0.15, -0.1) is 5.10 Å². The number of carbonyl (C=O) groups is 2. The molecule has 0 radical (unpaired) electrons. The molecule has 3 fully saturated rings. The van der Waals surface area contributed by atoms with Crippen LogP contribution in [0.25, 0.3) is 0 Å². The van der Waals surface area contributed by atoms with Crippen molar-refractivity contribution in [1.82, 2.24) is 30.1 Å². The maximum atomic E-state index is 14.5. The van der Waals surface area contributed by atoms with E-state index in [-0.39, 0.29) is 44.0 Å². The summed E-state index contributed by atoms with van der Waals surface area (Å²) in [6.45, 7) is 1.73. The van der Waals surface area contributed by atoms with Gasteiger partial charge in [-0.05, 0) is 25.2 Å². The second-order valence-electron chi connectivity index (χ2n) is 11.0. The molecule has 3 heterocycles. The number of hydrogen-bond donors (Lipinski definition) is 2. The van der Waals surface area contributed by atoms with Gasteiger partial charge in [-0.3, -0.25) is 9.69 Å². The minimum atomic E-state index is -2.95. The fourth-order valence-corrected chi connectivity index (χ4v) is 6.03. The smallest absolute Gasteiger partial charge is 0.410 e. The molecule has 1 aromatic heterocycles. The average molecular weight is 549 g/mol. The van der Waals surface area contributed by atoms with E-state index in [2.05, 4.69) is 15.6 Å². The van der Waals surface area contributed by atoms with Crippen molar-refractivity contribution in [3.8, 4) is 0 Å². The van der Waals surface area contributed by atoms with Gasteiger partial charge in [0.05, 0.1) is 12.6 Å². The first-order valence-electron chi connectivity index (χ1n) is 13.0. The van der Waals surface area contributed by atoms with Crippen LogP contribution in [0.3, 0.4) is 0 Å². The van der Waals surface area contributed by atoms with Gasteiger partial charge in [-0.1, -0.05) is 12.1 Å². The zero-order valence-electron chi connectivity index (χ0n) is 21.9. The molecule has 3 aliphatic rings. The van der Waals surface area contributed by atoms with Gasteiger partial charge in [0.2, 0.25) is 0 Å². The summed E-state index contributed by atoms with van der Waals surface area (Å²) in [6.07, 6.45) is -0.354. The van der Waals surface area contributed by atoms with E-state index in [0.29, 0.717) is 37.2 Å². The topological polar surface area (TPSA) is 113 Å². The Bertz CT molecular complexity index is 1020. The van der Waals surface area contributed by atoms with Crippen LogP contribution in [-0.4, -0.2) is 92.1 Å². The number of carboxylic acids is 1. The van der Waals surface area contributed by atoms with E-state index in [1.807, 2.05) is 6.92 Å². The zero-order chi connectivity index (χ0) is 27.8. The predicted molar refractivity (Wildman–Crippen MR) is 127 cm³/mol. The number of carbonyl (C=O) groups excluding carboxylic acids is 1. The molecule has 214 valence electrons. The van der Waals surface area contributed by atoms with E-state index in [1.165, 1.54) is 16.6 Å². The minimum absolute atomic E-state index is 0.140. The van der Waals surface area contributed by atoms with Crippen LogP contribution < -0.4 is 5.32 Å². The number of hydrogen-bond acceptors (Lipinski definition) is 7. The molecule has 0 spiro atoms. The number of rotatable bonds is 8. The highest BCUT2D eigenvalue weighted by atomic mass is 19.3. The number of amides is 1. The highest BCUT2D eigenvalue weighted by Gasteiger charge is 2.49. The molecule has 4 atom stereocenters. The van der Waals surface area contributed by atoms with E-state index >= 15 is 0 Å². The van der Waals surface area contributed by atoms with Crippen LogP contribution in [0, 0.1) is 5.92 Å². The van der Waals surface area contributed by atoms with Gasteiger partial charge in [0.1, 0.15) is 18.0 Å². The Morgan fingerprint density at radius 2 is 1.89 bits per heavy atom. The number of ether oxygens (including phenoxy) is 1. The van der Waals surface area contributed by atoms with Crippen LogP contribution in [0.5, 0.6) is 0 Å². The van der Waals surface area contributed by atoms with Crippen LogP contribution in [0.15, 0.2) is 0 Å². The number of aliphatic carboxylic acids is 1. The van der Waals surface area contributed by atoms with Crippen LogP contribution in [0.4, 0.5) is 22.4 Å². The summed E-state index contributed by atoms with van der Waals surface area (Å²) in [6, 6.07) is -1.15. The van der Waals surface area contributed by atoms with Crippen LogP contribution in [-0.2, 0) is 23.2 Å². The highest BCUT2D eigenvalue weighted by Crippen LogP contribution is 2.40. The molecule has 0 unspecified atom stereocenters. The summed E-state index contributed by atoms with van der Waals surface area (Å²) in [5, 5.41) is 21.0. The molecule has 2 aliphatic heterocycles. The van der Waals surface area contributed by atoms with Gasteiger partial charge >= 0.3 is 12.1 Å². The van der Waals surface area contributed by atoms with Crippen molar-refractivity contribution in [2.45, 2.75) is 94.5 Å². The van der Waals surface area contributed by atoms with E-state index in [4.69, 9.17) is 9.84 Å². The normalized spacial score (nSPS) is 29.4. The highest BCUT2D eigenvalue weighted by molar-refractivity contribution is 5.68. The van der Waals surface area contributed by atoms with Crippen LogP contribution in [0.1, 0.15) is 69.3 Å². The molecule has 14 heteroatoms. The number of aryl methyl sites for hydroxylation is 1. The Morgan fingerprint density at radius 1 is 1.18 bits per heavy atom. The van der Waals surface area contributed by atoms with E-state index in [9.17, 15) is 27.2 Å². The molecule has 4 rings (SSSR count). The van der Waals surface area contributed by atoms with Gasteiger partial charge in [-0.25, -0.2) is 27.0 Å². The largest absolute Gasteiger partial charge is 0.481 e. The molecule has 2 saturated heterocycles. The fraction of sp³-hybridized carbons (Fsp3) is 0.833. The number of nitrogens with zero attached hydrogens (tertiary/aromatic N) is 5. The zero-order valence-corrected chi connectivity index (χ0v) is 21.9. The molecule has 1 amide bonds. The van der Waals surface area contributed by atoms with E-state index in [1.54, 1.807) is 11.9 Å². The molecule has 0 bridgehead atoms. The minimum Gasteiger partial charge on any atom is -0.481 e. The van der Waals surface area contributed by atoms with Gasteiger partial charge < -0.3 is 20.1 Å². The number of carboxylic acid groups (broad SMARTS) is 1. The number of halogens is 4. The maximum absolute atomic E-state index is 14.5. The lowest BCUT2D eigenvalue weighted by molar-refractivity contribution is -0.142. The van der Waals surface area contributed by atoms with Crippen molar-refractivity contribution in [2.24, 2.45) is 13.0 Å². The molecule has 2 N–H and O–H groups in total. The first kappa shape index (κ1) is 28.5. The standard InChI is InChI=1S/C24H36F4N6O4/c1-4-16-18(34-11-14(7-20(35)36)8-24(27,28)13-34)6-5-17(29-16)21-19(33(3)31-30-21)12-38-22(37)32(2)15-9-23(25,26)10-15/h14-18,29H,4-13H2,1-3H3,(H,35,36)/t14-,16-,17-,18-/m0/s1. The monoisotopic (exact) mass is 548 g/mol. The Kier molecular flexibility index (Phi) is 8.22.